The summed E-state index contributed by atoms with van der Waals surface area (Å²) in [6.45, 7) is 0. The molecule has 0 heterocycles. The Balaban J connectivity index is 1.83. The minimum absolute atomic E-state index is 0.152. The lowest BCUT2D eigenvalue weighted by atomic mass is 9.76. The molecule has 0 bridgehead atoms. The largest absolute Gasteiger partial charge is 0.497 e. The standard InChI is InChI=1S/C18H19NO4/c1-23-14-7-6-12-4-2-5-13(15(12)11-14)10-16(20)19-18(17(21)22)8-3-9-18/h2,4-7,11H,3,8-10H2,1H3,(H,19,20)(H,21,22). The first-order chi connectivity index (χ1) is 11.0. The SMILES string of the molecule is COc1ccc2cccc(CC(=O)NC3(C(=O)O)CCC3)c2c1. The zero-order valence-electron chi connectivity index (χ0n) is 13.0. The van der Waals surface area contributed by atoms with Crippen molar-refractivity contribution in [2.24, 2.45) is 0 Å². The van der Waals surface area contributed by atoms with Crippen molar-refractivity contribution in [2.75, 3.05) is 7.11 Å². The predicted octanol–water partition coefficient (Wildman–Crippen LogP) is 2.51. The van der Waals surface area contributed by atoms with Crippen molar-refractivity contribution in [1.29, 1.82) is 0 Å². The van der Waals surface area contributed by atoms with E-state index >= 15 is 0 Å². The van der Waals surface area contributed by atoms with Crippen molar-refractivity contribution in [1.82, 2.24) is 5.32 Å². The van der Waals surface area contributed by atoms with E-state index in [2.05, 4.69) is 5.32 Å². The normalized spacial score (nSPS) is 15.7. The highest BCUT2D eigenvalue weighted by Crippen LogP contribution is 2.32. The van der Waals surface area contributed by atoms with E-state index in [4.69, 9.17) is 4.74 Å². The van der Waals surface area contributed by atoms with Crippen molar-refractivity contribution in [3.63, 3.8) is 0 Å². The molecule has 2 N–H and O–H groups in total. The molecular formula is C18H19NO4. The number of amides is 1. The molecule has 2 aromatic carbocycles. The summed E-state index contributed by atoms with van der Waals surface area (Å²) in [5.41, 5.74) is -0.210. The van der Waals surface area contributed by atoms with Gasteiger partial charge in [0.2, 0.25) is 5.91 Å². The zero-order chi connectivity index (χ0) is 16.4. The van der Waals surface area contributed by atoms with Crippen LogP contribution < -0.4 is 10.1 Å². The van der Waals surface area contributed by atoms with E-state index in [-0.39, 0.29) is 12.3 Å². The van der Waals surface area contributed by atoms with Crippen LogP contribution in [0.25, 0.3) is 10.8 Å². The van der Waals surface area contributed by atoms with Crippen LogP contribution >= 0.6 is 0 Å². The molecule has 3 rings (SSSR count). The van der Waals surface area contributed by atoms with Gasteiger partial charge < -0.3 is 15.2 Å². The Hall–Kier alpha value is -2.56. The highest BCUT2D eigenvalue weighted by molar-refractivity contribution is 5.93. The molecule has 0 unspecified atom stereocenters. The summed E-state index contributed by atoms with van der Waals surface area (Å²) in [6, 6.07) is 11.5. The van der Waals surface area contributed by atoms with E-state index in [9.17, 15) is 14.7 Å². The first kappa shape index (κ1) is 15.3. The molecule has 1 amide bonds. The van der Waals surface area contributed by atoms with E-state index in [1.54, 1.807) is 7.11 Å². The topological polar surface area (TPSA) is 75.6 Å². The third kappa shape index (κ3) is 2.86. The molecule has 0 radical (unpaired) electrons. The summed E-state index contributed by atoms with van der Waals surface area (Å²) in [6.07, 6.45) is 1.98. The smallest absolute Gasteiger partial charge is 0.329 e. The summed E-state index contributed by atoms with van der Waals surface area (Å²) >= 11 is 0. The summed E-state index contributed by atoms with van der Waals surface area (Å²) in [5.74, 6) is -0.481. The molecule has 0 aromatic heterocycles. The number of carbonyl (C=O) groups excluding carboxylic acids is 1. The summed E-state index contributed by atoms with van der Waals surface area (Å²) in [4.78, 5) is 23.7. The maximum Gasteiger partial charge on any atom is 0.329 e. The Morgan fingerprint density at radius 3 is 2.65 bits per heavy atom. The van der Waals surface area contributed by atoms with E-state index in [0.717, 1.165) is 28.5 Å². The second kappa shape index (κ2) is 5.91. The van der Waals surface area contributed by atoms with Crippen molar-refractivity contribution >= 4 is 22.6 Å². The third-order valence-electron chi connectivity index (χ3n) is 4.53. The average molecular weight is 313 g/mol. The fourth-order valence-corrected chi connectivity index (χ4v) is 3.00. The number of benzene rings is 2. The van der Waals surface area contributed by atoms with Gasteiger partial charge in [-0.1, -0.05) is 24.3 Å². The Kier molecular flexibility index (Phi) is 3.94. The Bertz CT molecular complexity index is 765. The first-order valence-electron chi connectivity index (χ1n) is 7.64. The monoisotopic (exact) mass is 313 g/mol. The van der Waals surface area contributed by atoms with E-state index in [1.807, 2.05) is 36.4 Å². The van der Waals surface area contributed by atoms with E-state index in [0.29, 0.717) is 12.8 Å². The first-order valence-corrected chi connectivity index (χ1v) is 7.64. The second-order valence-corrected chi connectivity index (χ2v) is 5.97. The number of nitrogens with one attached hydrogen (secondary N) is 1. The van der Waals surface area contributed by atoms with Crippen LogP contribution in [0.15, 0.2) is 36.4 Å². The Labute approximate surface area is 134 Å². The molecule has 23 heavy (non-hydrogen) atoms. The third-order valence-corrected chi connectivity index (χ3v) is 4.53. The van der Waals surface area contributed by atoms with Crippen molar-refractivity contribution in [3.05, 3.63) is 42.0 Å². The van der Waals surface area contributed by atoms with Crippen LogP contribution in [0, 0.1) is 0 Å². The Morgan fingerprint density at radius 1 is 1.26 bits per heavy atom. The quantitative estimate of drug-likeness (QED) is 0.889. The molecule has 0 spiro atoms. The van der Waals surface area contributed by atoms with Crippen LogP contribution in [0.4, 0.5) is 0 Å². The second-order valence-electron chi connectivity index (χ2n) is 5.97. The number of rotatable bonds is 5. The molecule has 0 saturated heterocycles. The van der Waals surface area contributed by atoms with Gasteiger partial charge in [0, 0.05) is 0 Å². The number of carbonyl (C=O) groups is 2. The van der Waals surface area contributed by atoms with Crippen LogP contribution in [-0.4, -0.2) is 29.6 Å². The number of carboxylic acid groups (broad SMARTS) is 1. The van der Waals surface area contributed by atoms with Gasteiger partial charge in [0.05, 0.1) is 13.5 Å². The van der Waals surface area contributed by atoms with Gasteiger partial charge in [-0.3, -0.25) is 4.79 Å². The van der Waals surface area contributed by atoms with Crippen molar-refractivity contribution in [3.8, 4) is 5.75 Å². The Morgan fingerprint density at radius 2 is 2.04 bits per heavy atom. The number of ether oxygens (including phenoxy) is 1. The molecule has 1 fully saturated rings. The van der Waals surface area contributed by atoms with Gasteiger partial charge in [-0.15, -0.1) is 0 Å². The molecule has 0 atom stereocenters. The lowest BCUT2D eigenvalue weighted by molar-refractivity contribution is -0.151. The van der Waals surface area contributed by atoms with Gasteiger partial charge in [0.1, 0.15) is 11.3 Å². The highest BCUT2D eigenvalue weighted by atomic mass is 16.5. The predicted molar refractivity (Wildman–Crippen MR) is 86.6 cm³/mol. The number of hydrogen-bond donors (Lipinski definition) is 2. The van der Waals surface area contributed by atoms with Gasteiger partial charge in [0.15, 0.2) is 0 Å². The maximum atomic E-state index is 12.3. The number of fused-ring (bicyclic) bond motifs is 1. The molecule has 2 aromatic rings. The van der Waals surface area contributed by atoms with Crippen molar-refractivity contribution in [2.45, 2.75) is 31.2 Å². The fraction of sp³-hybridized carbons (Fsp3) is 0.333. The number of carboxylic acids is 1. The minimum atomic E-state index is -1.07. The summed E-state index contributed by atoms with van der Waals surface area (Å²) in [7, 11) is 1.60. The van der Waals surface area contributed by atoms with Crippen molar-refractivity contribution < 1.29 is 19.4 Å². The molecular weight excluding hydrogens is 294 g/mol. The summed E-state index contributed by atoms with van der Waals surface area (Å²) < 4.78 is 5.24. The molecule has 5 heteroatoms. The molecule has 120 valence electrons. The van der Waals surface area contributed by atoms with Gasteiger partial charge in [0.25, 0.3) is 0 Å². The average Bonchev–Trinajstić information content (AvgIpc) is 2.50. The zero-order valence-corrected chi connectivity index (χ0v) is 13.0. The molecule has 1 aliphatic carbocycles. The lowest BCUT2D eigenvalue weighted by Gasteiger charge is -2.38. The van der Waals surface area contributed by atoms with Crippen LogP contribution in [0.3, 0.4) is 0 Å². The van der Waals surface area contributed by atoms with Crippen LogP contribution in [0.5, 0.6) is 5.75 Å². The number of methoxy groups -OCH3 is 1. The van der Waals surface area contributed by atoms with Gasteiger partial charge >= 0.3 is 5.97 Å². The molecule has 0 aliphatic heterocycles. The minimum Gasteiger partial charge on any atom is -0.497 e. The van der Waals surface area contributed by atoms with E-state index in [1.165, 1.54) is 0 Å². The number of aliphatic carboxylic acids is 1. The van der Waals surface area contributed by atoms with Crippen LogP contribution in [-0.2, 0) is 16.0 Å². The summed E-state index contributed by atoms with van der Waals surface area (Å²) in [5, 5.41) is 14.0. The van der Waals surface area contributed by atoms with E-state index < -0.39 is 11.5 Å². The van der Waals surface area contributed by atoms with Gasteiger partial charge in [-0.05, 0) is 47.7 Å². The lowest BCUT2D eigenvalue weighted by Crippen LogP contribution is -2.59. The number of hydrogen-bond acceptors (Lipinski definition) is 3. The molecule has 1 saturated carbocycles. The van der Waals surface area contributed by atoms with Crippen LogP contribution in [0.1, 0.15) is 24.8 Å². The van der Waals surface area contributed by atoms with Crippen LogP contribution in [0.2, 0.25) is 0 Å². The highest BCUT2D eigenvalue weighted by Gasteiger charge is 2.45. The van der Waals surface area contributed by atoms with Gasteiger partial charge in [-0.2, -0.15) is 0 Å². The molecule has 5 nitrogen and oxygen atoms in total. The van der Waals surface area contributed by atoms with Gasteiger partial charge in [-0.25, -0.2) is 4.79 Å². The molecule has 1 aliphatic rings. The maximum absolute atomic E-state index is 12.3. The fourth-order valence-electron chi connectivity index (χ4n) is 3.00.